The predicted octanol–water partition coefficient (Wildman–Crippen LogP) is 4.79. The molecule has 0 fully saturated rings. The fraction of sp³-hybridized carbons (Fsp3) is 0.381. The standard InChI is InChI=1S/C21H23ClN2O3S/c1-6-27-16(25)11-24-17-12(7-9-14(22)19(17)28-5)18(26)13-8-10-15(21(2,3)4)23-20(13)24/h7-10H,6,11H2,1-5H3. The number of aromatic nitrogens is 2. The molecule has 0 spiro atoms. The molecule has 2 aromatic heterocycles. The van der Waals surface area contributed by atoms with E-state index in [0.717, 1.165) is 10.6 Å². The van der Waals surface area contributed by atoms with Gasteiger partial charge in [-0.1, -0.05) is 32.4 Å². The van der Waals surface area contributed by atoms with E-state index < -0.39 is 0 Å². The Labute approximate surface area is 173 Å². The highest BCUT2D eigenvalue weighted by atomic mass is 35.5. The number of esters is 1. The lowest BCUT2D eigenvalue weighted by Crippen LogP contribution is -2.21. The zero-order valence-electron chi connectivity index (χ0n) is 16.6. The van der Waals surface area contributed by atoms with Crippen molar-refractivity contribution < 1.29 is 9.53 Å². The largest absolute Gasteiger partial charge is 0.465 e. The summed E-state index contributed by atoms with van der Waals surface area (Å²) in [5.74, 6) is -0.385. The number of carbonyl (C=O) groups excluding carboxylic acids is 1. The van der Waals surface area contributed by atoms with Gasteiger partial charge in [-0.2, -0.15) is 0 Å². The highest BCUT2D eigenvalue weighted by Gasteiger charge is 2.22. The first-order valence-corrected chi connectivity index (χ1v) is 10.6. The van der Waals surface area contributed by atoms with E-state index in [0.29, 0.717) is 27.0 Å². The number of fused-ring (bicyclic) bond motifs is 2. The van der Waals surface area contributed by atoms with E-state index in [4.69, 9.17) is 21.3 Å². The molecule has 0 atom stereocenters. The molecule has 28 heavy (non-hydrogen) atoms. The van der Waals surface area contributed by atoms with Gasteiger partial charge in [0.15, 0.2) is 5.43 Å². The molecular weight excluding hydrogens is 396 g/mol. The summed E-state index contributed by atoms with van der Waals surface area (Å²) in [6, 6.07) is 7.09. The number of halogens is 1. The molecule has 3 aromatic rings. The number of thioether (sulfide) groups is 1. The molecule has 0 bridgehead atoms. The van der Waals surface area contributed by atoms with Gasteiger partial charge in [0.25, 0.3) is 0 Å². The summed E-state index contributed by atoms with van der Waals surface area (Å²) >= 11 is 7.84. The van der Waals surface area contributed by atoms with Crippen molar-refractivity contribution >= 4 is 51.3 Å². The Kier molecular flexibility index (Phi) is 5.73. The third kappa shape index (κ3) is 3.63. The lowest BCUT2D eigenvalue weighted by Gasteiger charge is -2.21. The minimum atomic E-state index is -0.385. The fourth-order valence-electron chi connectivity index (χ4n) is 3.18. The molecular formula is C21H23ClN2O3S. The summed E-state index contributed by atoms with van der Waals surface area (Å²) in [5, 5.41) is 1.51. The van der Waals surface area contributed by atoms with Crippen molar-refractivity contribution in [1.82, 2.24) is 9.55 Å². The fourth-order valence-corrected chi connectivity index (χ4v) is 4.24. The molecule has 0 saturated heterocycles. The van der Waals surface area contributed by atoms with E-state index in [1.807, 2.05) is 12.3 Å². The molecule has 0 unspecified atom stereocenters. The van der Waals surface area contributed by atoms with Crippen LogP contribution in [-0.2, 0) is 21.5 Å². The second kappa shape index (κ2) is 7.76. The van der Waals surface area contributed by atoms with Crippen LogP contribution >= 0.6 is 23.4 Å². The number of hydrogen-bond donors (Lipinski definition) is 0. The first-order valence-electron chi connectivity index (χ1n) is 9.05. The van der Waals surface area contributed by atoms with E-state index >= 15 is 0 Å². The maximum absolute atomic E-state index is 13.2. The molecule has 0 amide bonds. The van der Waals surface area contributed by atoms with E-state index in [-0.39, 0.29) is 30.0 Å². The minimum absolute atomic E-state index is 0.0460. The summed E-state index contributed by atoms with van der Waals surface area (Å²) in [7, 11) is 0. The van der Waals surface area contributed by atoms with Crippen molar-refractivity contribution in [3.05, 3.63) is 45.2 Å². The minimum Gasteiger partial charge on any atom is -0.465 e. The smallest absolute Gasteiger partial charge is 0.326 e. The van der Waals surface area contributed by atoms with Gasteiger partial charge in [-0.3, -0.25) is 9.59 Å². The molecule has 0 aliphatic heterocycles. The van der Waals surface area contributed by atoms with Crippen LogP contribution < -0.4 is 5.43 Å². The zero-order valence-corrected chi connectivity index (χ0v) is 18.2. The number of ether oxygens (including phenoxy) is 1. The Morgan fingerprint density at radius 2 is 1.89 bits per heavy atom. The number of carbonyl (C=O) groups is 1. The van der Waals surface area contributed by atoms with Gasteiger partial charge >= 0.3 is 5.97 Å². The lowest BCUT2D eigenvalue weighted by atomic mass is 9.91. The average molecular weight is 419 g/mol. The van der Waals surface area contributed by atoms with Crippen LogP contribution in [0.2, 0.25) is 5.02 Å². The third-order valence-electron chi connectivity index (χ3n) is 4.54. The van der Waals surface area contributed by atoms with Crippen molar-refractivity contribution in [2.75, 3.05) is 12.9 Å². The molecule has 0 aliphatic carbocycles. The predicted molar refractivity (Wildman–Crippen MR) is 116 cm³/mol. The summed E-state index contributed by atoms with van der Waals surface area (Å²) in [6.45, 7) is 8.17. The molecule has 2 heterocycles. The van der Waals surface area contributed by atoms with E-state index in [1.54, 1.807) is 29.7 Å². The maximum Gasteiger partial charge on any atom is 0.326 e. The summed E-state index contributed by atoms with van der Waals surface area (Å²) < 4.78 is 6.93. The van der Waals surface area contributed by atoms with Gasteiger partial charge in [-0.25, -0.2) is 4.98 Å². The van der Waals surface area contributed by atoms with Crippen molar-refractivity contribution in [1.29, 1.82) is 0 Å². The first kappa shape index (κ1) is 20.7. The number of benzene rings is 1. The molecule has 5 nitrogen and oxygen atoms in total. The second-order valence-corrected chi connectivity index (χ2v) is 8.74. The van der Waals surface area contributed by atoms with Crippen LogP contribution in [0.25, 0.3) is 21.9 Å². The van der Waals surface area contributed by atoms with Crippen molar-refractivity contribution in [2.45, 2.75) is 44.6 Å². The van der Waals surface area contributed by atoms with Gasteiger partial charge < -0.3 is 9.30 Å². The van der Waals surface area contributed by atoms with Crippen LogP contribution in [0.15, 0.2) is 34.0 Å². The Hall–Kier alpha value is -2.05. The molecule has 1 aromatic carbocycles. The number of hydrogen-bond acceptors (Lipinski definition) is 5. The Morgan fingerprint density at radius 1 is 1.21 bits per heavy atom. The third-order valence-corrected chi connectivity index (χ3v) is 5.79. The Balaban J connectivity index is 2.50. The lowest BCUT2D eigenvalue weighted by molar-refractivity contribution is -0.143. The van der Waals surface area contributed by atoms with Gasteiger partial charge in [-0.15, -0.1) is 11.8 Å². The van der Waals surface area contributed by atoms with E-state index in [1.165, 1.54) is 11.8 Å². The number of rotatable bonds is 4. The topological polar surface area (TPSA) is 61.2 Å². The van der Waals surface area contributed by atoms with E-state index in [9.17, 15) is 9.59 Å². The van der Waals surface area contributed by atoms with Crippen molar-refractivity contribution in [3.8, 4) is 0 Å². The zero-order chi connectivity index (χ0) is 20.6. The van der Waals surface area contributed by atoms with Crippen molar-refractivity contribution in [2.24, 2.45) is 0 Å². The van der Waals surface area contributed by atoms with Gasteiger partial charge in [0.05, 0.1) is 27.4 Å². The van der Waals surface area contributed by atoms with Gasteiger partial charge in [0.1, 0.15) is 12.2 Å². The molecule has 7 heteroatoms. The monoisotopic (exact) mass is 418 g/mol. The van der Waals surface area contributed by atoms with Gasteiger partial charge in [-0.05, 0) is 37.4 Å². The van der Waals surface area contributed by atoms with E-state index in [2.05, 4.69) is 20.8 Å². The first-order chi connectivity index (χ1) is 13.2. The Bertz CT molecular complexity index is 1130. The summed E-state index contributed by atoms with van der Waals surface area (Å²) in [4.78, 5) is 31.1. The molecule has 0 radical (unpaired) electrons. The normalized spacial score (nSPS) is 11.9. The Morgan fingerprint density at radius 3 is 2.50 bits per heavy atom. The maximum atomic E-state index is 13.2. The van der Waals surface area contributed by atoms with Crippen LogP contribution in [-0.4, -0.2) is 28.4 Å². The van der Waals surface area contributed by atoms with Gasteiger partial charge in [0, 0.05) is 16.5 Å². The molecule has 148 valence electrons. The van der Waals surface area contributed by atoms with Crippen LogP contribution in [0.1, 0.15) is 33.4 Å². The van der Waals surface area contributed by atoms with Crippen LogP contribution in [0.5, 0.6) is 0 Å². The van der Waals surface area contributed by atoms with Crippen LogP contribution in [0.3, 0.4) is 0 Å². The second-order valence-electron chi connectivity index (χ2n) is 7.51. The van der Waals surface area contributed by atoms with Gasteiger partial charge in [0.2, 0.25) is 0 Å². The quantitative estimate of drug-likeness (QED) is 0.346. The average Bonchev–Trinajstić information content (AvgIpc) is 2.64. The highest BCUT2D eigenvalue weighted by molar-refractivity contribution is 7.99. The molecule has 0 N–H and O–H groups in total. The van der Waals surface area contributed by atoms with Crippen molar-refractivity contribution in [3.63, 3.8) is 0 Å². The highest BCUT2D eigenvalue weighted by Crippen LogP contribution is 2.34. The summed E-state index contributed by atoms with van der Waals surface area (Å²) in [6.07, 6.45) is 1.89. The molecule has 0 aliphatic rings. The number of pyridine rings is 2. The molecule has 0 saturated carbocycles. The molecule has 3 rings (SSSR count). The summed E-state index contributed by atoms with van der Waals surface area (Å²) in [5.41, 5.74) is 1.60. The SMILES string of the molecule is CCOC(=O)Cn1c2nc(C(C)(C)C)ccc2c(=O)c2ccc(Cl)c(SC)c21. The van der Waals surface area contributed by atoms with Crippen LogP contribution in [0.4, 0.5) is 0 Å². The van der Waals surface area contributed by atoms with Crippen LogP contribution in [0, 0.1) is 0 Å². The number of nitrogens with zero attached hydrogens (tertiary/aromatic N) is 2.